The van der Waals surface area contributed by atoms with Crippen molar-refractivity contribution in [2.45, 2.75) is 25.7 Å². The highest BCUT2D eigenvalue weighted by Gasteiger charge is 2.27. The molecule has 0 unspecified atom stereocenters. The quantitative estimate of drug-likeness (QED) is 0.480. The Hall–Kier alpha value is -0.610. The second-order valence-electron chi connectivity index (χ2n) is 3.31. The summed E-state index contributed by atoms with van der Waals surface area (Å²) in [5.74, 6) is -0.378. The first-order chi connectivity index (χ1) is 5.77. The largest absolute Gasteiger partial charge is 0.396 e. The molecule has 0 heterocycles. The number of carbonyl (C=O) groups is 1. The lowest BCUT2D eigenvalue weighted by molar-refractivity contribution is -0.240. The summed E-state index contributed by atoms with van der Waals surface area (Å²) in [6.45, 7) is 0.195. The topological polar surface area (TPSA) is 66.8 Å². The summed E-state index contributed by atoms with van der Waals surface area (Å²) in [4.78, 5) is 14.5. The van der Waals surface area contributed by atoms with Gasteiger partial charge in [0.05, 0.1) is 5.92 Å². The third kappa shape index (κ3) is 2.19. The van der Waals surface area contributed by atoms with Crippen molar-refractivity contribution in [3.8, 4) is 0 Å². The fourth-order valence-corrected chi connectivity index (χ4v) is 1.66. The first-order valence-electron chi connectivity index (χ1n) is 4.24. The Kier molecular flexibility index (Phi) is 3.49. The van der Waals surface area contributed by atoms with Crippen molar-refractivity contribution in [2.75, 3.05) is 6.61 Å². The van der Waals surface area contributed by atoms with Gasteiger partial charge in [-0.25, -0.2) is 4.79 Å². The highest BCUT2D eigenvalue weighted by molar-refractivity contribution is 5.71. The molecule has 12 heavy (non-hydrogen) atoms. The number of rotatable bonds is 2. The number of aliphatic hydroxyl groups excluding tert-OH is 1. The molecule has 0 radical (unpaired) electrons. The Labute approximate surface area is 71.1 Å². The zero-order valence-electron chi connectivity index (χ0n) is 6.90. The fraction of sp³-hybridized carbons (Fsp3) is 0.875. The summed E-state index contributed by atoms with van der Waals surface area (Å²) in [5.41, 5.74) is 0. The molecule has 1 aliphatic carbocycles. The molecule has 0 saturated heterocycles. The van der Waals surface area contributed by atoms with Crippen LogP contribution >= 0.6 is 0 Å². The van der Waals surface area contributed by atoms with E-state index in [9.17, 15) is 4.79 Å². The molecule has 1 saturated carbocycles. The molecule has 0 aromatic heterocycles. The van der Waals surface area contributed by atoms with Crippen molar-refractivity contribution < 1.29 is 20.0 Å². The van der Waals surface area contributed by atoms with Gasteiger partial charge < -0.3 is 9.99 Å². The van der Waals surface area contributed by atoms with Gasteiger partial charge in [-0.3, -0.25) is 0 Å². The number of hydrogen-bond acceptors (Lipinski definition) is 4. The van der Waals surface area contributed by atoms with Crippen molar-refractivity contribution in [3.63, 3.8) is 0 Å². The molecule has 0 aliphatic heterocycles. The second kappa shape index (κ2) is 4.42. The van der Waals surface area contributed by atoms with Gasteiger partial charge in [0.1, 0.15) is 0 Å². The smallest absolute Gasteiger partial charge is 0.345 e. The van der Waals surface area contributed by atoms with Crippen LogP contribution in [0, 0.1) is 11.8 Å². The van der Waals surface area contributed by atoms with E-state index in [4.69, 9.17) is 10.4 Å². The fourth-order valence-electron chi connectivity index (χ4n) is 1.66. The Morgan fingerprint density at radius 2 is 1.92 bits per heavy atom. The second-order valence-corrected chi connectivity index (χ2v) is 3.31. The molecule has 0 atom stereocenters. The van der Waals surface area contributed by atoms with Crippen molar-refractivity contribution in [1.82, 2.24) is 0 Å². The van der Waals surface area contributed by atoms with Crippen LogP contribution in [0.4, 0.5) is 0 Å². The van der Waals surface area contributed by atoms with Crippen molar-refractivity contribution >= 4 is 5.97 Å². The summed E-state index contributed by atoms with van der Waals surface area (Å²) in [5, 5.41) is 16.9. The SMILES string of the molecule is O=C(OO)C1CCC(CO)CC1. The zero-order chi connectivity index (χ0) is 8.97. The number of hydrogen-bond donors (Lipinski definition) is 2. The van der Waals surface area contributed by atoms with Crippen molar-refractivity contribution in [3.05, 3.63) is 0 Å². The van der Waals surface area contributed by atoms with Crippen LogP contribution in [0.5, 0.6) is 0 Å². The summed E-state index contributed by atoms with van der Waals surface area (Å²) in [7, 11) is 0. The van der Waals surface area contributed by atoms with Gasteiger partial charge in [0.2, 0.25) is 0 Å². The van der Waals surface area contributed by atoms with Crippen LogP contribution in [0.15, 0.2) is 0 Å². The average Bonchev–Trinajstić information content (AvgIpc) is 2.17. The summed E-state index contributed by atoms with van der Waals surface area (Å²) < 4.78 is 0. The van der Waals surface area contributed by atoms with Crippen LogP contribution in [-0.2, 0) is 9.68 Å². The van der Waals surface area contributed by atoms with E-state index in [0.717, 1.165) is 12.8 Å². The first kappa shape index (κ1) is 9.48. The Morgan fingerprint density at radius 1 is 1.33 bits per heavy atom. The Bertz CT molecular complexity index is 149. The standard InChI is InChI=1S/C8H14O4/c9-5-6-1-3-7(4-2-6)8(10)12-11/h6-7,9,11H,1-5H2. The lowest BCUT2D eigenvalue weighted by Gasteiger charge is -2.24. The molecule has 0 bridgehead atoms. The molecular formula is C8H14O4. The van der Waals surface area contributed by atoms with Gasteiger partial charge in [0, 0.05) is 6.61 Å². The highest BCUT2D eigenvalue weighted by atomic mass is 17.1. The van der Waals surface area contributed by atoms with Crippen LogP contribution in [0.1, 0.15) is 25.7 Å². The molecule has 1 rings (SSSR count). The average molecular weight is 174 g/mol. The third-order valence-electron chi connectivity index (χ3n) is 2.53. The van der Waals surface area contributed by atoms with E-state index in [1.54, 1.807) is 0 Å². The van der Waals surface area contributed by atoms with Crippen molar-refractivity contribution in [2.24, 2.45) is 11.8 Å². The minimum atomic E-state index is -0.536. The molecule has 0 spiro atoms. The minimum Gasteiger partial charge on any atom is -0.396 e. The maximum absolute atomic E-state index is 10.8. The monoisotopic (exact) mass is 174 g/mol. The lowest BCUT2D eigenvalue weighted by atomic mass is 9.82. The molecular weight excluding hydrogens is 160 g/mol. The van der Waals surface area contributed by atoms with Gasteiger partial charge >= 0.3 is 5.97 Å². The molecule has 1 aliphatic rings. The van der Waals surface area contributed by atoms with E-state index in [1.165, 1.54) is 0 Å². The van der Waals surface area contributed by atoms with E-state index in [2.05, 4.69) is 4.89 Å². The summed E-state index contributed by atoms with van der Waals surface area (Å²) in [6, 6.07) is 0. The minimum absolute atomic E-state index is 0.169. The van der Waals surface area contributed by atoms with E-state index in [1.807, 2.05) is 0 Å². The van der Waals surface area contributed by atoms with Crippen LogP contribution in [0.25, 0.3) is 0 Å². The molecule has 0 amide bonds. The summed E-state index contributed by atoms with van der Waals surface area (Å²) >= 11 is 0. The van der Waals surface area contributed by atoms with Gasteiger partial charge in [-0.2, -0.15) is 5.26 Å². The predicted molar refractivity (Wildman–Crippen MR) is 41.3 cm³/mol. The van der Waals surface area contributed by atoms with Crippen molar-refractivity contribution in [1.29, 1.82) is 0 Å². The molecule has 70 valence electrons. The van der Waals surface area contributed by atoms with Crippen LogP contribution in [-0.4, -0.2) is 22.9 Å². The van der Waals surface area contributed by atoms with E-state index >= 15 is 0 Å². The van der Waals surface area contributed by atoms with Crippen LogP contribution in [0.2, 0.25) is 0 Å². The predicted octanol–water partition coefficient (Wildman–Crippen LogP) is 0.801. The van der Waals surface area contributed by atoms with E-state index in [0.29, 0.717) is 18.8 Å². The number of aliphatic hydroxyl groups is 1. The normalized spacial score (nSPS) is 29.8. The Balaban J connectivity index is 2.30. The first-order valence-corrected chi connectivity index (χ1v) is 4.24. The highest BCUT2D eigenvalue weighted by Crippen LogP contribution is 2.28. The summed E-state index contributed by atoms with van der Waals surface area (Å²) in [6.07, 6.45) is 3.11. The Morgan fingerprint density at radius 3 is 2.33 bits per heavy atom. The molecule has 0 aromatic rings. The maximum atomic E-state index is 10.8. The van der Waals surface area contributed by atoms with E-state index in [-0.39, 0.29) is 12.5 Å². The molecule has 4 heteroatoms. The van der Waals surface area contributed by atoms with Crippen LogP contribution in [0.3, 0.4) is 0 Å². The molecule has 1 fully saturated rings. The molecule has 2 N–H and O–H groups in total. The number of carbonyl (C=O) groups excluding carboxylic acids is 1. The van der Waals surface area contributed by atoms with Crippen LogP contribution < -0.4 is 0 Å². The van der Waals surface area contributed by atoms with Gasteiger partial charge in [0.25, 0.3) is 0 Å². The van der Waals surface area contributed by atoms with Gasteiger partial charge in [-0.15, -0.1) is 0 Å². The molecule has 0 aromatic carbocycles. The van der Waals surface area contributed by atoms with Gasteiger partial charge in [-0.05, 0) is 31.6 Å². The van der Waals surface area contributed by atoms with Gasteiger partial charge in [0.15, 0.2) is 0 Å². The van der Waals surface area contributed by atoms with E-state index < -0.39 is 5.97 Å². The zero-order valence-corrected chi connectivity index (χ0v) is 6.90. The third-order valence-corrected chi connectivity index (χ3v) is 2.53. The lowest BCUT2D eigenvalue weighted by Crippen LogP contribution is -2.24. The van der Waals surface area contributed by atoms with Gasteiger partial charge in [-0.1, -0.05) is 0 Å². The maximum Gasteiger partial charge on any atom is 0.345 e. The molecule has 4 nitrogen and oxygen atoms in total.